The molecule has 0 radical (unpaired) electrons. The van der Waals surface area contributed by atoms with Crippen LogP contribution in [0.4, 0.5) is 5.69 Å². The highest BCUT2D eigenvalue weighted by molar-refractivity contribution is 6.03. The molecule has 3 aromatic rings. The van der Waals surface area contributed by atoms with Crippen molar-refractivity contribution >= 4 is 28.6 Å². The number of aryl methyl sites for hydroxylation is 1. The van der Waals surface area contributed by atoms with Crippen LogP contribution in [-0.2, 0) is 11.8 Å². The topological polar surface area (TPSA) is 69.6 Å². The number of nitrogens with zero attached hydrogens (tertiary/aromatic N) is 1. The molecule has 0 aliphatic rings. The number of rotatable bonds is 17. The number of aromatic nitrogens is 1. The molecule has 6 nitrogen and oxygen atoms in total. The van der Waals surface area contributed by atoms with Crippen LogP contribution >= 0.6 is 0 Å². The third kappa shape index (κ3) is 10.9. The zero-order valence-electron chi connectivity index (χ0n) is 26.6. The van der Waals surface area contributed by atoms with Gasteiger partial charge in [0, 0.05) is 24.2 Å². The van der Waals surface area contributed by atoms with E-state index >= 15 is 0 Å². The van der Waals surface area contributed by atoms with E-state index in [0.717, 1.165) is 36.6 Å². The number of amides is 1. The molecular weight excluding hydrogens is 536 g/mol. The van der Waals surface area contributed by atoms with E-state index in [4.69, 9.17) is 9.47 Å². The van der Waals surface area contributed by atoms with Gasteiger partial charge in [0.25, 0.3) is 5.56 Å². The number of hydrogen-bond donors (Lipinski definition) is 1. The SMILES string of the molecule is CCCCCCCCOc1c(OC/C=C(\C)CCC=C(C)C)c2ccc(NC(=O)C=Cc3ccccc3)cc2n(C)c1=O. The summed E-state index contributed by atoms with van der Waals surface area (Å²) in [5.41, 5.74) is 4.47. The Kier molecular flexibility index (Phi) is 13.8. The smallest absolute Gasteiger partial charge is 0.297 e. The predicted molar refractivity (Wildman–Crippen MR) is 180 cm³/mol. The van der Waals surface area contributed by atoms with E-state index in [0.29, 0.717) is 30.2 Å². The minimum absolute atomic E-state index is 0.238. The summed E-state index contributed by atoms with van der Waals surface area (Å²) in [5, 5.41) is 3.66. The van der Waals surface area contributed by atoms with Crippen LogP contribution in [0.3, 0.4) is 0 Å². The first kappa shape index (κ1) is 33.4. The summed E-state index contributed by atoms with van der Waals surface area (Å²) in [6.07, 6.45) is 16.3. The molecule has 0 atom stereocenters. The van der Waals surface area contributed by atoms with Gasteiger partial charge in [-0.2, -0.15) is 0 Å². The van der Waals surface area contributed by atoms with Gasteiger partial charge in [-0.05, 0) is 75.9 Å². The highest BCUT2D eigenvalue weighted by atomic mass is 16.5. The van der Waals surface area contributed by atoms with Crippen LogP contribution in [0.5, 0.6) is 11.5 Å². The second kappa shape index (κ2) is 17.8. The van der Waals surface area contributed by atoms with Gasteiger partial charge in [-0.3, -0.25) is 9.59 Å². The number of hydrogen-bond acceptors (Lipinski definition) is 4. The molecule has 0 unspecified atom stereocenters. The minimum atomic E-state index is -0.259. The fourth-order valence-corrected chi connectivity index (χ4v) is 4.77. The van der Waals surface area contributed by atoms with Crippen LogP contribution in [0, 0.1) is 0 Å². The second-order valence-corrected chi connectivity index (χ2v) is 11.3. The minimum Gasteiger partial charge on any atom is -0.485 e. The monoisotopic (exact) mass is 584 g/mol. The van der Waals surface area contributed by atoms with Gasteiger partial charge >= 0.3 is 0 Å². The van der Waals surface area contributed by atoms with Crippen molar-refractivity contribution in [3.63, 3.8) is 0 Å². The quantitative estimate of drug-likeness (QED) is 0.0976. The number of anilines is 1. The number of unbranched alkanes of at least 4 members (excludes halogenated alkanes) is 5. The molecule has 43 heavy (non-hydrogen) atoms. The third-order valence-electron chi connectivity index (χ3n) is 7.30. The lowest BCUT2D eigenvalue weighted by atomic mass is 10.1. The number of pyridine rings is 1. The third-order valence-corrected chi connectivity index (χ3v) is 7.30. The lowest BCUT2D eigenvalue weighted by molar-refractivity contribution is -0.111. The van der Waals surface area contributed by atoms with Gasteiger partial charge < -0.3 is 19.4 Å². The normalized spacial score (nSPS) is 11.6. The highest BCUT2D eigenvalue weighted by Gasteiger charge is 2.19. The van der Waals surface area contributed by atoms with Gasteiger partial charge in [0.1, 0.15) is 6.61 Å². The van der Waals surface area contributed by atoms with Crippen molar-refractivity contribution in [3.8, 4) is 11.5 Å². The average Bonchev–Trinajstić information content (AvgIpc) is 2.99. The molecule has 1 heterocycles. The van der Waals surface area contributed by atoms with Crippen molar-refractivity contribution in [2.24, 2.45) is 7.05 Å². The van der Waals surface area contributed by atoms with Gasteiger partial charge in [0.05, 0.1) is 12.1 Å². The van der Waals surface area contributed by atoms with E-state index in [1.54, 1.807) is 23.8 Å². The molecule has 0 saturated carbocycles. The molecule has 0 fully saturated rings. The summed E-state index contributed by atoms with van der Waals surface area (Å²) in [4.78, 5) is 26.2. The summed E-state index contributed by atoms with van der Waals surface area (Å²) in [5.74, 6) is 0.429. The molecule has 230 valence electrons. The van der Waals surface area contributed by atoms with Crippen LogP contribution < -0.4 is 20.3 Å². The lowest BCUT2D eigenvalue weighted by Crippen LogP contribution is -2.22. The molecule has 1 amide bonds. The number of allylic oxidation sites excluding steroid dienone is 3. The Labute approximate surface area is 257 Å². The lowest BCUT2D eigenvalue weighted by Gasteiger charge is -2.17. The second-order valence-electron chi connectivity index (χ2n) is 11.3. The van der Waals surface area contributed by atoms with Crippen LogP contribution in [0.2, 0.25) is 0 Å². The number of ether oxygens (including phenoxy) is 2. The maximum Gasteiger partial charge on any atom is 0.297 e. The molecule has 0 aliphatic carbocycles. The van der Waals surface area contributed by atoms with Gasteiger partial charge in [-0.15, -0.1) is 0 Å². The standard InChI is InChI=1S/C37H48N2O4/c1-6-7-8-9-10-14-25-42-36-35(43-26-24-29(4)17-15-16-28(2)3)32-22-21-31(27-33(32)39(5)37(36)41)38-34(40)23-20-30-18-12-11-13-19-30/h11-13,16,18-24,27H,6-10,14-15,17,25-26H2,1-5H3,(H,38,40)/b23-20?,29-24+. The van der Waals surface area contributed by atoms with Crippen molar-refractivity contribution in [2.45, 2.75) is 79.1 Å². The Balaban J connectivity index is 1.84. The van der Waals surface area contributed by atoms with E-state index < -0.39 is 0 Å². The van der Waals surface area contributed by atoms with Crippen LogP contribution in [0.1, 0.15) is 84.6 Å². The molecular formula is C37H48N2O4. The first-order chi connectivity index (χ1) is 20.8. The maximum atomic E-state index is 13.5. The van der Waals surface area contributed by atoms with Gasteiger partial charge in [0.15, 0.2) is 5.75 Å². The summed E-state index contributed by atoms with van der Waals surface area (Å²) >= 11 is 0. The van der Waals surface area contributed by atoms with Crippen LogP contribution in [0.25, 0.3) is 17.0 Å². The van der Waals surface area contributed by atoms with E-state index in [1.165, 1.54) is 42.9 Å². The average molecular weight is 585 g/mol. The summed E-state index contributed by atoms with van der Waals surface area (Å²) in [6, 6.07) is 15.2. The van der Waals surface area contributed by atoms with Crippen molar-refractivity contribution in [1.82, 2.24) is 4.57 Å². The van der Waals surface area contributed by atoms with Crippen LogP contribution in [0.15, 0.2) is 82.7 Å². The zero-order chi connectivity index (χ0) is 31.0. The van der Waals surface area contributed by atoms with E-state index in [-0.39, 0.29) is 17.2 Å². The first-order valence-corrected chi connectivity index (χ1v) is 15.6. The maximum absolute atomic E-state index is 13.5. The van der Waals surface area contributed by atoms with Crippen molar-refractivity contribution in [3.05, 3.63) is 93.8 Å². The molecule has 0 spiro atoms. The van der Waals surface area contributed by atoms with Gasteiger partial charge in [-0.1, -0.05) is 86.6 Å². The molecule has 2 aromatic carbocycles. The van der Waals surface area contributed by atoms with Crippen molar-refractivity contribution in [1.29, 1.82) is 0 Å². The molecule has 6 heteroatoms. The molecule has 1 N–H and O–H groups in total. The number of carbonyl (C=O) groups is 1. The number of benzene rings is 2. The van der Waals surface area contributed by atoms with Gasteiger partial charge in [-0.25, -0.2) is 0 Å². The molecule has 0 saturated heterocycles. The Hall–Kier alpha value is -4.06. The molecule has 0 aliphatic heterocycles. The highest BCUT2D eigenvalue weighted by Crippen LogP contribution is 2.34. The molecule has 3 rings (SSSR count). The molecule has 0 bridgehead atoms. The Bertz CT molecular complexity index is 1480. The van der Waals surface area contributed by atoms with E-state index in [1.807, 2.05) is 42.5 Å². The Morgan fingerprint density at radius 3 is 2.40 bits per heavy atom. The fraction of sp³-hybridized carbons (Fsp3) is 0.405. The van der Waals surface area contributed by atoms with Crippen molar-refractivity contribution in [2.75, 3.05) is 18.5 Å². The molecule has 1 aromatic heterocycles. The Morgan fingerprint density at radius 1 is 0.907 bits per heavy atom. The summed E-state index contributed by atoms with van der Waals surface area (Å²) in [6.45, 7) is 9.31. The van der Waals surface area contributed by atoms with Gasteiger partial charge in [0.2, 0.25) is 11.7 Å². The number of carbonyl (C=O) groups excluding carboxylic acids is 1. The van der Waals surface area contributed by atoms with Crippen molar-refractivity contribution < 1.29 is 14.3 Å². The fourth-order valence-electron chi connectivity index (χ4n) is 4.77. The number of nitrogens with one attached hydrogen (secondary N) is 1. The zero-order valence-corrected chi connectivity index (χ0v) is 26.6. The van der Waals surface area contributed by atoms with E-state index in [2.05, 4.69) is 45.2 Å². The first-order valence-electron chi connectivity index (χ1n) is 15.6. The Morgan fingerprint density at radius 2 is 1.65 bits per heavy atom. The van der Waals surface area contributed by atoms with E-state index in [9.17, 15) is 9.59 Å². The van der Waals surface area contributed by atoms with Crippen LogP contribution in [-0.4, -0.2) is 23.7 Å². The summed E-state index contributed by atoms with van der Waals surface area (Å²) < 4.78 is 14.0. The largest absolute Gasteiger partial charge is 0.485 e. The summed E-state index contributed by atoms with van der Waals surface area (Å²) in [7, 11) is 1.72. The predicted octanol–water partition coefficient (Wildman–Crippen LogP) is 9.00. The number of fused-ring (bicyclic) bond motifs is 1.